The van der Waals surface area contributed by atoms with Crippen LogP contribution in [-0.2, 0) is 4.79 Å². The molecule has 4 nitrogen and oxygen atoms in total. The lowest BCUT2D eigenvalue weighted by atomic mass is 9.91. The minimum absolute atomic E-state index is 0.0779. The third-order valence-electron chi connectivity index (χ3n) is 3.02. The fraction of sp³-hybridized carbons (Fsp3) is 0.917. The first kappa shape index (κ1) is 13.5. The quantitative estimate of drug-likeness (QED) is 0.664. The van der Waals surface area contributed by atoms with Crippen LogP contribution in [0.5, 0.6) is 0 Å². The van der Waals surface area contributed by atoms with Crippen molar-refractivity contribution in [3.8, 4) is 0 Å². The van der Waals surface area contributed by atoms with Crippen LogP contribution in [0.15, 0.2) is 0 Å². The van der Waals surface area contributed by atoms with Gasteiger partial charge >= 0.3 is 0 Å². The summed E-state index contributed by atoms with van der Waals surface area (Å²) in [5.74, 6) is 0.0779. The van der Waals surface area contributed by atoms with Gasteiger partial charge in [-0.05, 0) is 40.0 Å². The molecule has 0 bridgehead atoms. The highest BCUT2D eigenvalue weighted by Gasteiger charge is 2.23. The van der Waals surface area contributed by atoms with Crippen molar-refractivity contribution in [1.29, 1.82) is 0 Å². The van der Waals surface area contributed by atoms with E-state index in [1.807, 2.05) is 20.8 Å². The van der Waals surface area contributed by atoms with Gasteiger partial charge in [-0.2, -0.15) is 0 Å². The van der Waals surface area contributed by atoms with Crippen molar-refractivity contribution in [3.63, 3.8) is 0 Å². The molecular formula is C12H25N3O. The van der Waals surface area contributed by atoms with Crippen LogP contribution in [-0.4, -0.2) is 30.1 Å². The molecule has 0 saturated heterocycles. The lowest BCUT2D eigenvalue weighted by molar-refractivity contribution is -0.123. The molecule has 0 aromatic rings. The maximum absolute atomic E-state index is 11.7. The van der Waals surface area contributed by atoms with Crippen LogP contribution in [0, 0.1) is 0 Å². The molecule has 1 rings (SSSR count). The van der Waals surface area contributed by atoms with E-state index in [9.17, 15) is 4.79 Å². The van der Waals surface area contributed by atoms with Crippen molar-refractivity contribution >= 4 is 5.91 Å². The molecule has 0 aromatic heterocycles. The Morgan fingerprint density at radius 1 is 1.31 bits per heavy atom. The number of nitrogens with one attached hydrogen (secondary N) is 2. The standard InChI is InChI=1S/C12H25N3O/c1-8(2)14-12(16)9(3)15-11-6-4-5-10(13)7-11/h8-11,15H,4-7,13H2,1-3H3,(H,14,16). The van der Waals surface area contributed by atoms with Gasteiger partial charge < -0.3 is 16.4 Å². The van der Waals surface area contributed by atoms with Crippen LogP contribution in [0.4, 0.5) is 0 Å². The van der Waals surface area contributed by atoms with Gasteiger partial charge in [0.1, 0.15) is 0 Å². The summed E-state index contributed by atoms with van der Waals surface area (Å²) in [4.78, 5) is 11.7. The van der Waals surface area contributed by atoms with E-state index in [-0.39, 0.29) is 18.0 Å². The Bertz CT molecular complexity index is 230. The van der Waals surface area contributed by atoms with E-state index in [1.165, 1.54) is 0 Å². The van der Waals surface area contributed by atoms with Crippen molar-refractivity contribution in [1.82, 2.24) is 10.6 Å². The highest BCUT2D eigenvalue weighted by Crippen LogP contribution is 2.17. The first-order valence-electron chi connectivity index (χ1n) is 6.31. The van der Waals surface area contributed by atoms with Crippen LogP contribution >= 0.6 is 0 Å². The van der Waals surface area contributed by atoms with E-state index < -0.39 is 0 Å². The van der Waals surface area contributed by atoms with Crippen molar-refractivity contribution < 1.29 is 4.79 Å². The van der Waals surface area contributed by atoms with E-state index in [2.05, 4.69) is 10.6 Å². The predicted octanol–water partition coefficient (Wildman–Crippen LogP) is 0.759. The lowest BCUT2D eigenvalue weighted by Gasteiger charge is -2.29. The van der Waals surface area contributed by atoms with Gasteiger partial charge in [0, 0.05) is 18.1 Å². The molecular weight excluding hydrogens is 202 g/mol. The van der Waals surface area contributed by atoms with Gasteiger partial charge in [-0.15, -0.1) is 0 Å². The van der Waals surface area contributed by atoms with E-state index in [0.29, 0.717) is 12.1 Å². The first-order chi connectivity index (χ1) is 7.49. The minimum atomic E-state index is -0.127. The Hall–Kier alpha value is -0.610. The Morgan fingerprint density at radius 3 is 2.56 bits per heavy atom. The van der Waals surface area contributed by atoms with Crippen LogP contribution in [0.3, 0.4) is 0 Å². The molecule has 0 aromatic carbocycles. The van der Waals surface area contributed by atoms with Gasteiger partial charge in [0.05, 0.1) is 6.04 Å². The predicted molar refractivity (Wildman–Crippen MR) is 66.1 cm³/mol. The summed E-state index contributed by atoms with van der Waals surface area (Å²) in [7, 11) is 0. The Balaban J connectivity index is 2.32. The molecule has 0 radical (unpaired) electrons. The van der Waals surface area contributed by atoms with E-state index in [4.69, 9.17) is 5.73 Å². The Kier molecular flexibility index (Phi) is 5.22. The van der Waals surface area contributed by atoms with Crippen molar-refractivity contribution in [2.75, 3.05) is 0 Å². The number of hydrogen-bond donors (Lipinski definition) is 3. The fourth-order valence-electron chi connectivity index (χ4n) is 2.22. The molecule has 4 N–H and O–H groups in total. The van der Waals surface area contributed by atoms with Crippen molar-refractivity contribution in [2.45, 2.75) is 70.6 Å². The zero-order valence-corrected chi connectivity index (χ0v) is 10.6. The molecule has 1 saturated carbocycles. The summed E-state index contributed by atoms with van der Waals surface area (Å²) in [5, 5.41) is 6.27. The maximum atomic E-state index is 11.7. The number of amides is 1. The van der Waals surface area contributed by atoms with E-state index in [1.54, 1.807) is 0 Å². The van der Waals surface area contributed by atoms with Gasteiger partial charge in [0.15, 0.2) is 0 Å². The molecule has 1 aliphatic carbocycles. The fourth-order valence-corrected chi connectivity index (χ4v) is 2.22. The Morgan fingerprint density at radius 2 is 2.00 bits per heavy atom. The largest absolute Gasteiger partial charge is 0.353 e. The second-order valence-electron chi connectivity index (χ2n) is 5.18. The lowest BCUT2D eigenvalue weighted by Crippen LogP contribution is -2.50. The second kappa shape index (κ2) is 6.21. The number of hydrogen-bond acceptors (Lipinski definition) is 3. The number of nitrogens with two attached hydrogens (primary N) is 1. The zero-order chi connectivity index (χ0) is 12.1. The molecule has 1 fully saturated rings. The van der Waals surface area contributed by atoms with Gasteiger partial charge in [-0.3, -0.25) is 4.79 Å². The molecule has 1 amide bonds. The van der Waals surface area contributed by atoms with Crippen molar-refractivity contribution in [3.05, 3.63) is 0 Å². The second-order valence-corrected chi connectivity index (χ2v) is 5.18. The minimum Gasteiger partial charge on any atom is -0.353 e. The third kappa shape index (κ3) is 4.49. The SMILES string of the molecule is CC(C)NC(=O)C(C)NC1CCCC(N)C1. The molecule has 94 valence electrons. The van der Waals surface area contributed by atoms with E-state index in [0.717, 1.165) is 25.7 Å². The molecule has 16 heavy (non-hydrogen) atoms. The highest BCUT2D eigenvalue weighted by atomic mass is 16.2. The smallest absolute Gasteiger partial charge is 0.237 e. The molecule has 0 spiro atoms. The average Bonchev–Trinajstić information content (AvgIpc) is 2.16. The number of carbonyl (C=O) groups is 1. The average molecular weight is 227 g/mol. The molecule has 0 heterocycles. The summed E-state index contributed by atoms with van der Waals surface area (Å²) < 4.78 is 0. The summed E-state index contributed by atoms with van der Waals surface area (Å²) >= 11 is 0. The zero-order valence-electron chi connectivity index (χ0n) is 10.6. The van der Waals surface area contributed by atoms with Gasteiger partial charge in [-0.25, -0.2) is 0 Å². The molecule has 0 aliphatic heterocycles. The van der Waals surface area contributed by atoms with Gasteiger partial charge in [0.2, 0.25) is 5.91 Å². The van der Waals surface area contributed by atoms with Crippen LogP contribution in [0.2, 0.25) is 0 Å². The normalized spacial score (nSPS) is 27.8. The third-order valence-corrected chi connectivity index (χ3v) is 3.02. The first-order valence-corrected chi connectivity index (χ1v) is 6.31. The number of rotatable bonds is 4. The summed E-state index contributed by atoms with van der Waals surface area (Å²) in [6.45, 7) is 5.86. The topological polar surface area (TPSA) is 67.2 Å². The number of carbonyl (C=O) groups excluding carboxylic acids is 1. The molecule has 4 heteroatoms. The van der Waals surface area contributed by atoms with Gasteiger partial charge in [-0.1, -0.05) is 6.42 Å². The monoisotopic (exact) mass is 227 g/mol. The molecule has 3 unspecified atom stereocenters. The summed E-state index contributed by atoms with van der Waals surface area (Å²) in [6.07, 6.45) is 4.40. The van der Waals surface area contributed by atoms with Crippen molar-refractivity contribution in [2.24, 2.45) is 5.73 Å². The molecule has 3 atom stereocenters. The summed E-state index contributed by atoms with van der Waals surface area (Å²) in [6, 6.07) is 0.770. The van der Waals surface area contributed by atoms with E-state index >= 15 is 0 Å². The summed E-state index contributed by atoms with van der Waals surface area (Å²) in [5.41, 5.74) is 5.92. The van der Waals surface area contributed by atoms with Crippen LogP contribution < -0.4 is 16.4 Å². The van der Waals surface area contributed by atoms with Gasteiger partial charge in [0.25, 0.3) is 0 Å². The highest BCUT2D eigenvalue weighted by molar-refractivity contribution is 5.81. The molecule has 1 aliphatic rings. The van der Waals surface area contributed by atoms with Crippen LogP contribution in [0.1, 0.15) is 46.5 Å². The maximum Gasteiger partial charge on any atom is 0.237 e. The van der Waals surface area contributed by atoms with Crippen LogP contribution in [0.25, 0.3) is 0 Å². The Labute approximate surface area is 98.3 Å².